The number of alkyl halides is 1. The predicted molar refractivity (Wildman–Crippen MR) is 58.7 cm³/mol. The maximum absolute atomic E-state index is 11.5. The van der Waals surface area contributed by atoms with Crippen LogP contribution in [0.5, 0.6) is 0 Å². The highest BCUT2D eigenvalue weighted by atomic mass is 35.5. The zero-order valence-corrected chi connectivity index (χ0v) is 9.72. The van der Waals surface area contributed by atoms with Gasteiger partial charge in [-0.2, -0.15) is 0 Å². The molecule has 0 aromatic heterocycles. The lowest BCUT2D eigenvalue weighted by atomic mass is 10.2. The van der Waals surface area contributed by atoms with Gasteiger partial charge in [0.2, 0.25) is 11.8 Å². The molecule has 1 aliphatic heterocycles. The second kappa shape index (κ2) is 5.95. The molecule has 1 N–H and O–H groups in total. The van der Waals surface area contributed by atoms with Crippen molar-refractivity contribution in [2.24, 2.45) is 5.92 Å². The lowest BCUT2D eigenvalue weighted by Crippen LogP contribution is -2.40. The first-order valence-electron chi connectivity index (χ1n) is 5.26. The van der Waals surface area contributed by atoms with Crippen molar-refractivity contribution in [3.63, 3.8) is 0 Å². The highest BCUT2D eigenvalue weighted by Crippen LogP contribution is 2.06. The van der Waals surface area contributed by atoms with Crippen molar-refractivity contribution >= 4 is 23.4 Å². The van der Waals surface area contributed by atoms with E-state index in [9.17, 15) is 9.59 Å². The fraction of sp³-hybridized carbons (Fsp3) is 0.800. The van der Waals surface area contributed by atoms with Gasteiger partial charge in [0.25, 0.3) is 0 Å². The molecule has 0 aromatic carbocycles. The van der Waals surface area contributed by atoms with Crippen molar-refractivity contribution in [1.82, 2.24) is 10.2 Å². The predicted octanol–water partition coefficient (Wildman–Crippen LogP) is 0.600. The molecule has 0 bridgehead atoms. The number of hydrogen-bond donors (Lipinski definition) is 1. The van der Waals surface area contributed by atoms with Crippen molar-refractivity contribution in [2.45, 2.75) is 19.8 Å². The van der Waals surface area contributed by atoms with Crippen LogP contribution in [0.2, 0.25) is 0 Å². The number of hydrogen-bond acceptors (Lipinski definition) is 2. The van der Waals surface area contributed by atoms with Crippen LogP contribution in [0.25, 0.3) is 0 Å². The third-order valence-corrected chi connectivity index (χ3v) is 3.01. The van der Waals surface area contributed by atoms with Crippen molar-refractivity contribution in [3.8, 4) is 0 Å². The quantitative estimate of drug-likeness (QED) is 0.722. The highest BCUT2D eigenvalue weighted by Gasteiger charge is 2.19. The third kappa shape index (κ3) is 3.70. The molecule has 1 unspecified atom stereocenters. The SMILES string of the molecule is CC(CCl)C(=O)NCC(=O)N1CCCC1. The summed E-state index contributed by atoms with van der Waals surface area (Å²) in [7, 11) is 0. The average molecular weight is 233 g/mol. The van der Waals surface area contributed by atoms with Crippen molar-refractivity contribution in [1.29, 1.82) is 0 Å². The van der Waals surface area contributed by atoms with Gasteiger partial charge in [0.1, 0.15) is 0 Å². The molecule has 4 nitrogen and oxygen atoms in total. The Morgan fingerprint density at radius 2 is 2.00 bits per heavy atom. The summed E-state index contributed by atoms with van der Waals surface area (Å²) in [5, 5.41) is 2.60. The summed E-state index contributed by atoms with van der Waals surface area (Å²) in [6.07, 6.45) is 2.13. The first-order chi connectivity index (χ1) is 7.15. The minimum Gasteiger partial charge on any atom is -0.347 e. The van der Waals surface area contributed by atoms with E-state index in [1.807, 2.05) is 0 Å². The summed E-state index contributed by atoms with van der Waals surface area (Å²) in [4.78, 5) is 24.6. The summed E-state index contributed by atoms with van der Waals surface area (Å²) < 4.78 is 0. The average Bonchev–Trinajstić information content (AvgIpc) is 2.77. The number of halogens is 1. The smallest absolute Gasteiger partial charge is 0.241 e. The van der Waals surface area contributed by atoms with Gasteiger partial charge in [0.05, 0.1) is 6.54 Å². The summed E-state index contributed by atoms with van der Waals surface area (Å²) in [6, 6.07) is 0. The molecule has 0 saturated carbocycles. The molecule has 0 radical (unpaired) electrons. The number of carbonyl (C=O) groups is 2. The molecule has 86 valence electrons. The summed E-state index contributed by atoms with van der Waals surface area (Å²) >= 11 is 5.53. The molecule has 15 heavy (non-hydrogen) atoms. The Kier molecular flexibility index (Phi) is 4.88. The molecule has 1 aliphatic rings. The normalized spacial score (nSPS) is 17.6. The third-order valence-electron chi connectivity index (χ3n) is 2.55. The van der Waals surface area contributed by atoms with Gasteiger partial charge >= 0.3 is 0 Å². The molecular weight excluding hydrogens is 216 g/mol. The first kappa shape index (κ1) is 12.3. The number of likely N-dealkylation sites (tertiary alicyclic amines) is 1. The largest absolute Gasteiger partial charge is 0.347 e. The fourth-order valence-electron chi connectivity index (χ4n) is 1.49. The Labute approximate surface area is 95.0 Å². The second-order valence-corrected chi connectivity index (χ2v) is 4.17. The van der Waals surface area contributed by atoms with E-state index in [2.05, 4.69) is 5.32 Å². The van der Waals surface area contributed by atoms with Crippen LogP contribution in [0.4, 0.5) is 0 Å². The van der Waals surface area contributed by atoms with E-state index >= 15 is 0 Å². The monoisotopic (exact) mass is 232 g/mol. The molecule has 1 rings (SSSR count). The molecule has 1 atom stereocenters. The standard InChI is InChI=1S/C10H17ClN2O2/c1-8(6-11)10(15)12-7-9(14)13-4-2-3-5-13/h8H,2-7H2,1H3,(H,12,15). The zero-order chi connectivity index (χ0) is 11.3. The Morgan fingerprint density at radius 3 is 2.53 bits per heavy atom. The fourth-order valence-corrected chi connectivity index (χ4v) is 1.63. The molecule has 5 heteroatoms. The van der Waals surface area contributed by atoms with Gasteiger partial charge < -0.3 is 10.2 Å². The Bertz CT molecular complexity index is 240. The molecule has 0 aromatic rings. The van der Waals surface area contributed by atoms with Crippen LogP contribution in [-0.4, -0.2) is 42.2 Å². The van der Waals surface area contributed by atoms with Crippen LogP contribution < -0.4 is 5.32 Å². The number of carbonyl (C=O) groups excluding carboxylic acids is 2. The van der Waals surface area contributed by atoms with Gasteiger partial charge in [-0.15, -0.1) is 11.6 Å². The molecule has 1 heterocycles. The Morgan fingerprint density at radius 1 is 1.40 bits per heavy atom. The first-order valence-corrected chi connectivity index (χ1v) is 5.80. The van der Waals surface area contributed by atoms with Crippen LogP contribution >= 0.6 is 11.6 Å². The van der Waals surface area contributed by atoms with E-state index in [0.29, 0.717) is 0 Å². The van der Waals surface area contributed by atoms with Crippen molar-refractivity contribution < 1.29 is 9.59 Å². The minimum atomic E-state index is -0.238. The van der Waals surface area contributed by atoms with E-state index in [1.165, 1.54) is 0 Å². The summed E-state index contributed by atoms with van der Waals surface area (Å²) in [5.74, 6) is -0.109. The van der Waals surface area contributed by atoms with Crippen LogP contribution in [0.1, 0.15) is 19.8 Å². The lowest BCUT2D eigenvalue weighted by molar-refractivity contribution is -0.132. The van der Waals surface area contributed by atoms with E-state index in [1.54, 1.807) is 11.8 Å². The van der Waals surface area contributed by atoms with Gasteiger partial charge in [-0.25, -0.2) is 0 Å². The van der Waals surface area contributed by atoms with Gasteiger partial charge in [-0.1, -0.05) is 6.92 Å². The van der Waals surface area contributed by atoms with Gasteiger partial charge in [-0.3, -0.25) is 9.59 Å². The number of amides is 2. The van der Waals surface area contributed by atoms with Gasteiger partial charge in [0, 0.05) is 24.9 Å². The second-order valence-electron chi connectivity index (χ2n) is 3.86. The van der Waals surface area contributed by atoms with Crippen LogP contribution in [-0.2, 0) is 9.59 Å². The maximum Gasteiger partial charge on any atom is 0.241 e. The maximum atomic E-state index is 11.5. The van der Waals surface area contributed by atoms with Crippen LogP contribution in [0, 0.1) is 5.92 Å². The lowest BCUT2D eigenvalue weighted by Gasteiger charge is -2.16. The van der Waals surface area contributed by atoms with Crippen molar-refractivity contribution in [3.05, 3.63) is 0 Å². The zero-order valence-electron chi connectivity index (χ0n) is 8.96. The van der Waals surface area contributed by atoms with E-state index in [-0.39, 0.29) is 30.2 Å². The molecule has 2 amide bonds. The molecule has 0 spiro atoms. The summed E-state index contributed by atoms with van der Waals surface area (Å²) in [6.45, 7) is 3.47. The van der Waals surface area contributed by atoms with Crippen molar-refractivity contribution in [2.75, 3.05) is 25.5 Å². The highest BCUT2D eigenvalue weighted by molar-refractivity contribution is 6.19. The summed E-state index contributed by atoms with van der Waals surface area (Å²) in [5.41, 5.74) is 0. The van der Waals surface area contributed by atoms with Gasteiger partial charge in [-0.05, 0) is 12.8 Å². The van der Waals surface area contributed by atoms with Crippen LogP contribution in [0.15, 0.2) is 0 Å². The number of rotatable bonds is 4. The van der Waals surface area contributed by atoms with E-state index < -0.39 is 0 Å². The van der Waals surface area contributed by atoms with Gasteiger partial charge in [0.15, 0.2) is 0 Å². The van der Waals surface area contributed by atoms with Crippen LogP contribution in [0.3, 0.4) is 0 Å². The number of nitrogens with zero attached hydrogens (tertiary/aromatic N) is 1. The van der Waals surface area contributed by atoms with E-state index in [0.717, 1.165) is 25.9 Å². The topological polar surface area (TPSA) is 49.4 Å². The number of nitrogens with one attached hydrogen (secondary N) is 1. The Hall–Kier alpha value is -0.770. The molecule has 0 aliphatic carbocycles. The van der Waals surface area contributed by atoms with E-state index in [4.69, 9.17) is 11.6 Å². The molecule has 1 saturated heterocycles. The minimum absolute atomic E-state index is 0.00243. The Balaban J connectivity index is 2.24. The molecule has 1 fully saturated rings. The molecular formula is C10H17ClN2O2.